The molecule has 0 unspecified atom stereocenters. The Labute approximate surface area is 240 Å². The highest BCUT2D eigenvalue weighted by atomic mass is 32.2. The Kier molecular flexibility index (Phi) is 5.46. The summed E-state index contributed by atoms with van der Waals surface area (Å²) in [5, 5.41) is 1.42. The maximum Gasteiger partial charge on any atom is 0.253 e. The Bertz CT molecular complexity index is 1870. The van der Waals surface area contributed by atoms with E-state index in [0.29, 0.717) is 0 Å². The number of aryl methyl sites for hydroxylation is 1. The molecule has 196 valence electrons. The number of hydrogen-bond acceptors (Lipinski definition) is 3. The minimum Gasteiger partial charge on any atom is -0.458 e. The molecule has 0 radical (unpaired) electrons. The molecule has 0 saturated carbocycles. The van der Waals surface area contributed by atoms with E-state index in [0.717, 1.165) is 23.6 Å². The first-order valence-electron chi connectivity index (χ1n) is 14.3. The van der Waals surface area contributed by atoms with Crippen LogP contribution in [0.5, 0.6) is 11.5 Å². The maximum atomic E-state index is 6.67. The van der Waals surface area contributed by atoms with Gasteiger partial charge in [0.15, 0.2) is 0 Å². The quantitative estimate of drug-likeness (QED) is 0.233. The Morgan fingerprint density at radius 2 is 1.77 bits per heavy atom. The van der Waals surface area contributed by atoms with Gasteiger partial charge in [-0.3, -0.25) is 0 Å². The molecule has 1 aliphatic carbocycles. The van der Waals surface area contributed by atoms with Crippen molar-refractivity contribution in [1.82, 2.24) is 4.57 Å². The molecule has 0 N–H and O–H groups in total. The van der Waals surface area contributed by atoms with Crippen LogP contribution in [0.4, 0.5) is 5.69 Å². The normalized spacial score (nSPS) is 14.9. The summed E-state index contributed by atoms with van der Waals surface area (Å²) in [6.45, 7) is 2.22. The van der Waals surface area contributed by atoms with Gasteiger partial charge >= 0.3 is 0 Å². The first-order chi connectivity index (χ1) is 19.6. The van der Waals surface area contributed by atoms with E-state index < -0.39 is 0 Å². The first kappa shape index (κ1) is 24.0. The van der Waals surface area contributed by atoms with Crippen LogP contribution in [0, 0.1) is 0 Å². The summed E-state index contributed by atoms with van der Waals surface area (Å²) in [6, 6.07) is 27.2. The molecule has 5 heteroatoms. The first-order valence-corrected chi connectivity index (χ1v) is 15.2. The van der Waals surface area contributed by atoms with Crippen molar-refractivity contribution in [1.29, 1.82) is 0 Å². The minimum absolute atomic E-state index is 0.137. The fourth-order valence-electron chi connectivity index (χ4n) is 7.03. The van der Waals surface area contributed by atoms with Crippen molar-refractivity contribution >= 4 is 57.5 Å². The Hall–Kier alpha value is -3.83. The molecule has 0 fully saturated rings. The maximum absolute atomic E-state index is 6.67. The molecule has 2 aliphatic heterocycles. The highest BCUT2D eigenvalue weighted by molar-refractivity contribution is 8.00. The number of fused-ring (bicyclic) bond motifs is 7. The molecule has 0 amide bonds. The van der Waals surface area contributed by atoms with Crippen molar-refractivity contribution < 1.29 is 4.74 Å². The van der Waals surface area contributed by atoms with Gasteiger partial charge < -0.3 is 14.2 Å². The molecule has 8 rings (SSSR count). The molecule has 3 heterocycles. The predicted octanol–water partition coefficient (Wildman–Crippen LogP) is 6.69. The SMILES string of the molecule is C/C=C/c1cc2c3c(c1)Sc1c(cccc1-n1c4c(c5ccccc51)CCCC4)B3c1ccc(N(C)C)cc1O2. The molecular weight excluding hydrogens is 507 g/mol. The second-order valence-corrected chi connectivity index (χ2v) is 12.4. The van der Waals surface area contributed by atoms with Crippen LogP contribution >= 0.6 is 11.8 Å². The summed E-state index contributed by atoms with van der Waals surface area (Å²) < 4.78 is 9.26. The van der Waals surface area contributed by atoms with Gasteiger partial charge in [0.2, 0.25) is 0 Å². The van der Waals surface area contributed by atoms with Crippen molar-refractivity contribution in [2.45, 2.75) is 42.4 Å². The number of benzene rings is 4. The van der Waals surface area contributed by atoms with Crippen LogP contribution in [0.15, 0.2) is 88.7 Å². The van der Waals surface area contributed by atoms with E-state index in [2.05, 4.69) is 115 Å². The van der Waals surface area contributed by atoms with Crippen LogP contribution in [0.2, 0.25) is 0 Å². The van der Waals surface area contributed by atoms with Crippen molar-refractivity contribution in [2.75, 3.05) is 19.0 Å². The summed E-state index contributed by atoms with van der Waals surface area (Å²) in [6.07, 6.45) is 9.13. The zero-order chi connectivity index (χ0) is 27.0. The van der Waals surface area contributed by atoms with Gasteiger partial charge in [-0.25, -0.2) is 0 Å². The molecular formula is C35H31BN2OS. The van der Waals surface area contributed by atoms with Gasteiger partial charge in [-0.2, -0.15) is 0 Å². The highest BCUT2D eigenvalue weighted by Crippen LogP contribution is 2.43. The Morgan fingerprint density at radius 3 is 2.65 bits per heavy atom. The van der Waals surface area contributed by atoms with Gasteiger partial charge in [0, 0.05) is 46.7 Å². The molecule has 0 atom stereocenters. The number of para-hydroxylation sites is 1. The fraction of sp³-hybridized carbons (Fsp3) is 0.200. The number of nitrogens with zero attached hydrogens (tertiary/aromatic N) is 2. The zero-order valence-electron chi connectivity index (χ0n) is 23.2. The molecule has 1 aromatic heterocycles. The monoisotopic (exact) mass is 538 g/mol. The standard InChI is InChI=1S/C35H31BN2OS/c1-4-10-22-19-32-34-33(20-22)40-35-27(36(34)26-18-17-23(37(2)3)21-31(26)39-32)13-9-16-30(35)38-28-14-7-5-11-24(28)25-12-6-8-15-29(25)38/h4-5,7,9-11,13-14,16-21H,6,8,12,15H2,1-3H3/b10-4+. The molecule has 0 saturated heterocycles. The number of anilines is 1. The van der Waals surface area contributed by atoms with E-state index in [1.807, 2.05) is 11.8 Å². The molecule has 5 aromatic rings. The third-order valence-corrected chi connectivity index (χ3v) is 9.99. The van der Waals surface area contributed by atoms with E-state index in [9.17, 15) is 0 Å². The predicted molar refractivity (Wildman–Crippen MR) is 171 cm³/mol. The second kappa shape index (κ2) is 9.10. The van der Waals surface area contributed by atoms with Crippen molar-refractivity contribution in [3.63, 3.8) is 0 Å². The van der Waals surface area contributed by atoms with Crippen LogP contribution in [-0.4, -0.2) is 25.4 Å². The highest BCUT2D eigenvalue weighted by Gasteiger charge is 2.40. The third kappa shape index (κ3) is 3.47. The smallest absolute Gasteiger partial charge is 0.253 e. The lowest BCUT2D eigenvalue weighted by molar-refractivity contribution is 0.486. The summed E-state index contributed by atoms with van der Waals surface area (Å²) in [7, 11) is 4.17. The van der Waals surface area contributed by atoms with Gasteiger partial charge in [-0.1, -0.05) is 65.8 Å². The average Bonchev–Trinajstić information content (AvgIpc) is 3.30. The van der Waals surface area contributed by atoms with Gasteiger partial charge in [-0.05, 0) is 85.0 Å². The Morgan fingerprint density at radius 1 is 0.900 bits per heavy atom. The van der Waals surface area contributed by atoms with E-state index in [1.165, 1.54) is 73.3 Å². The van der Waals surface area contributed by atoms with E-state index in [4.69, 9.17) is 4.74 Å². The molecule has 0 bridgehead atoms. The zero-order valence-corrected chi connectivity index (χ0v) is 24.0. The van der Waals surface area contributed by atoms with Crippen LogP contribution in [-0.2, 0) is 12.8 Å². The molecule has 40 heavy (non-hydrogen) atoms. The van der Waals surface area contributed by atoms with E-state index >= 15 is 0 Å². The Balaban J connectivity index is 1.41. The summed E-state index contributed by atoms with van der Waals surface area (Å²) in [4.78, 5) is 4.80. The number of ether oxygens (including phenoxy) is 1. The lowest BCUT2D eigenvalue weighted by atomic mass is 9.35. The van der Waals surface area contributed by atoms with Crippen LogP contribution < -0.4 is 26.0 Å². The van der Waals surface area contributed by atoms with Gasteiger partial charge in [0.05, 0.1) is 11.2 Å². The summed E-state index contributed by atoms with van der Waals surface area (Å²) >= 11 is 1.91. The molecule has 3 nitrogen and oxygen atoms in total. The number of rotatable bonds is 3. The number of aromatic nitrogens is 1. The van der Waals surface area contributed by atoms with Gasteiger partial charge in [0.1, 0.15) is 11.5 Å². The van der Waals surface area contributed by atoms with Crippen molar-refractivity contribution in [3.8, 4) is 17.2 Å². The van der Waals surface area contributed by atoms with Crippen molar-refractivity contribution in [3.05, 3.63) is 95.7 Å². The minimum atomic E-state index is 0.137. The topological polar surface area (TPSA) is 17.4 Å². The van der Waals surface area contributed by atoms with E-state index in [1.54, 1.807) is 5.56 Å². The summed E-state index contributed by atoms with van der Waals surface area (Å²) in [5.74, 6) is 1.94. The van der Waals surface area contributed by atoms with Gasteiger partial charge in [0.25, 0.3) is 6.71 Å². The fourth-order valence-corrected chi connectivity index (χ4v) is 8.34. The molecule has 0 spiro atoms. The summed E-state index contributed by atoms with van der Waals surface area (Å²) in [5.41, 5.74) is 11.9. The molecule has 4 aromatic carbocycles. The second-order valence-electron chi connectivity index (χ2n) is 11.4. The third-order valence-electron chi connectivity index (χ3n) is 8.79. The van der Waals surface area contributed by atoms with E-state index in [-0.39, 0.29) is 6.71 Å². The lowest BCUT2D eigenvalue weighted by Gasteiger charge is -2.34. The number of allylic oxidation sites excluding steroid dienone is 1. The van der Waals surface area contributed by atoms with Crippen LogP contribution in [0.25, 0.3) is 22.7 Å². The average molecular weight is 539 g/mol. The van der Waals surface area contributed by atoms with Crippen molar-refractivity contribution in [2.24, 2.45) is 0 Å². The van der Waals surface area contributed by atoms with Gasteiger partial charge in [-0.15, -0.1) is 0 Å². The largest absolute Gasteiger partial charge is 0.458 e. The molecule has 3 aliphatic rings. The number of hydrogen-bond donors (Lipinski definition) is 0. The lowest BCUT2D eigenvalue weighted by Crippen LogP contribution is -2.58. The van der Waals surface area contributed by atoms with Crippen LogP contribution in [0.1, 0.15) is 36.6 Å². The van der Waals surface area contributed by atoms with Crippen LogP contribution in [0.3, 0.4) is 0 Å².